The highest BCUT2D eigenvalue weighted by molar-refractivity contribution is 5.84. The summed E-state index contributed by atoms with van der Waals surface area (Å²) < 4.78 is 5.96. The van der Waals surface area contributed by atoms with Crippen LogP contribution < -0.4 is 26.0 Å². The SMILES string of the molecule is CC(C)(Oc1cccc(N2CCC[C@@H](NC=O)C2)c1)C(=O)NCCCN. The molecule has 0 unspecified atom stereocenters. The molecule has 1 saturated heterocycles. The predicted molar refractivity (Wildman–Crippen MR) is 102 cm³/mol. The third kappa shape index (κ3) is 5.62. The van der Waals surface area contributed by atoms with E-state index >= 15 is 0 Å². The van der Waals surface area contributed by atoms with Gasteiger partial charge in [0, 0.05) is 37.4 Å². The van der Waals surface area contributed by atoms with Gasteiger partial charge in [-0.3, -0.25) is 9.59 Å². The Labute approximate surface area is 155 Å². The minimum Gasteiger partial charge on any atom is -0.478 e. The average molecular weight is 362 g/mol. The second-order valence-electron chi connectivity index (χ2n) is 7.08. The summed E-state index contributed by atoms with van der Waals surface area (Å²) in [5, 5.41) is 5.71. The molecule has 1 atom stereocenters. The van der Waals surface area contributed by atoms with Crippen LogP contribution in [-0.4, -0.2) is 50.1 Å². The van der Waals surface area contributed by atoms with Gasteiger partial charge in [0.2, 0.25) is 6.41 Å². The van der Waals surface area contributed by atoms with Crippen molar-refractivity contribution in [3.63, 3.8) is 0 Å². The number of hydrogen-bond acceptors (Lipinski definition) is 5. The maximum absolute atomic E-state index is 12.3. The first kappa shape index (κ1) is 20.0. The average Bonchev–Trinajstić information content (AvgIpc) is 2.62. The van der Waals surface area contributed by atoms with Crippen molar-refractivity contribution < 1.29 is 14.3 Å². The molecule has 144 valence electrons. The smallest absolute Gasteiger partial charge is 0.263 e. The van der Waals surface area contributed by atoms with Crippen LogP contribution in [0.3, 0.4) is 0 Å². The molecule has 0 radical (unpaired) electrons. The lowest BCUT2D eigenvalue weighted by Gasteiger charge is -2.34. The van der Waals surface area contributed by atoms with Gasteiger partial charge in [0.15, 0.2) is 5.60 Å². The normalized spacial score (nSPS) is 17.5. The van der Waals surface area contributed by atoms with Crippen molar-refractivity contribution in [2.75, 3.05) is 31.1 Å². The largest absolute Gasteiger partial charge is 0.478 e. The molecular formula is C19H30N4O3. The van der Waals surface area contributed by atoms with Gasteiger partial charge >= 0.3 is 0 Å². The zero-order chi connectivity index (χ0) is 19.0. The van der Waals surface area contributed by atoms with E-state index in [1.54, 1.807) is 13.8 Å². The van der Waals surface area contributed by atoms with Crippen LogP contribution in [0.2, 0.25) is 0 Å². The van der Waals surface area contributed by atoms with Crippen LogP contribution in [0, 0.1) is 0 Å². The van der Waals surface area contributed by atoms with Gasteiger partial charge in [-0.25, -0.2) is 0 Å². The Bertz CT molecular complexity index is 606. The number of nitrogens with one attached hydrogen (secondary N) is 2. The van der Waals surface area contributed by atoms with Crippen molar-refractivity contribution in [2.45, 2.75) is 44.8 Å². The second kappa shape index (κ2) is 9.43. The lowest BCUT2D eigenvalue weighted by molar-refractivity contribution is -0.134. The van der Waals surface area contributed by atoms with Crippen LogP contribution >= 0.6 is 0 Å². The fourth-order valence-corrected chi connectivity index (χ4v) is 3.05. The number of anilines is 1. The molecule has 26 heavy (non-hydrogen) atoms. The van der Waals surface area contributed by atoms with E-state index in [1.165, 1.54) is 0 Å². The Morgan fingerprint density at radius 3 is 3.00 bits per heavy atom. The Morgan fingerprint density at radius 2 is 2.27 bits per heavy atom. The summed E-state index contributed by atoms with van der Waals surface area (Å²) >= 11 is 0. The molecule has 1 aromatic rings. The lowest BCUT2D eigenvalue weighted by atomic mass is 10.0. The van der Waals surface area contributed by atoms with Crippen LogP contribution in [0.25, 0.3) is 0 Å². The minimum absolute atomic E-state index is 0.162. The molecule has 0 aromatic heterocycles. The topological polar surface area (TPSA) is 96.7 Å². The van der Waals surface area contributed by atoms with E-state index in [4.69, 9.17) is 10.5 Å². The van der Waals surface area contributed by atoms with Crippen molar-refractivity contribution >= 4 is 18.0 Å². The molecule has 1 fully saturated rings. The van der Waals surface area contributed by atoms with E-state index in [0.717, 1.165) is 44.4 Å². The van der Waals surface area contributed by atoms with Crippen LogP contribution in [-0.2, 0) is 9.59 Å². The summed E-state index contributed by atoms with van der Waals surface area (Å²) in [6.07, 6.45) is 3.51. The van der Waals surface area contributed by atoms with Gasteiger partial charge in [0.1, 0.15) is 5.75 Å². The van der Waals surface area contributed by atoms with Gasteiger partial charge in [-0.05, 0) is 51.8 Å². The number of nitrogens with zero attached hydrogens (tertiary/aromatic N) is 1. The third-order valence-electron chi connectivity index (χ3n) is 4.49. The van der Waals surface area contributed by atoms with Crippen molar-refractivity contribution in [1.82, 2.24) is 10.6 Å². The second-order valence-corrected chi connectivity index (χ2v) is 7.08. The molecule has 4 N–H and O–H groups in total. The highest BCUT2D eigenvalue weighted by Crippen LogP contribution is 2.26. The lowest BCUT2D eigenvalue weighted by Crippen LogP contribution is -2.47. The molecule has 0 bridgehead atoms. The van der Waals surface area contributed by atoms with E-state index in [-0.39, 0.29) is 11.9 Å². The Kier molecular flexibility index (Phi) is 7.26. The van der Waals surface area contributed by atoms with Crippen LogP contribution in [0.4, 0.5) is 5.69 Å². The zero-order valence-electron chi connectivity index (χ0n) is 15.7. The highest BCUT2D eigenvalue weighted by Gasteiger charge is 2.30. The highest BCUT2D eigenvalue weighted by atomic mass is 16.5. The van der Waals surface area contributed by atoms with Crippen molar-refractivity contribution in [3.8, 4) is 5.75 Å². The maximum Gasteiger partial charge on any atom is 0.263 e. The van der Waals surface area contributed by atoms with Gasteiger partial charge in [-0.2, -0.15) is 0 Å². The summed E-state index contributed by atoms with van der Waals surface area (Å²) in [4.78, 5) is 25.2. The molecule has 2 amide bonds. The van der Waals surface area contributed by atoms with E-state index in [0.29, 0.717) is 18.8 Å². The van der Waals surface area contributed by atoms with Crippen molar-refractivity contribution in [3.05, 3.63) is 24.3 Å². The Balaban J connectivity index is 2.01. The molecule has 1 aromatic carbocycles. The zero-order valence-corrected chi connectivity index (χ0v) is 15.7. The number of piperidine rings is 1. The molecule has 0 aliphatic carbocycles. The van der Waals surface area contributed by atoms with E-state index in [1.807, 2.05) is 24.3 Å². The molecule has 2 rings (SSSR count). The molecule has 1 aliphatic heterocycles. The molecule has 7 nitrogen and oxygen atoms in total. The number of ether oxygens (including phenoxy) is 1. The number of carbonyl (C=O) groups excluding carboxylic acids is 2. The predicted octanol–water partition coefficient (Wildman–Crippen LogP) is 1.02. The molecule has 0 spiro atoms. The Hall–Kier alpha value is -2.28. The molecule has 1 heterocycles. The summed E-state index contributed by atoms with van der Waals surface area (Å²) in [6, 6.07) is 7.89. The first-order valence-electron chi connectivity index (χ1n) is 9.18. The number of hydrogen-bond donors (Lipinski definition) is 3. The molecular weight excluding hydrogens is 332 g/mol. The minimum atomic E-state index is -0.975. The van der Waals surface area contributed by atoms with Crippen LogP contribution in [0.15, 0.2) is 24.3 Å². The number of rotatable bonds is 9. The standard InChI is InChI=1S/C19H30N4O3/c1-19(2,18(25)21-10-5-9-20)26-17-8-3-7-16(12-17)23-11-4-6-15(13-23)22-14-24/h3,7-8,12,14-15H,4-6,9-11,13,20H2,1-2H3,(H,21,25)(H,22,24)/t15-/m1/s1. The molecule has 0 saturated carbocycles. The fourth-order valence-electron chi connectivity index (χ4n) is 3.05. The number of benzene rings is 1. The summed E-state index contributed by atoms with van der Waals surface area (Å²) in [6.45, 7) is 6.29. The first-order valence-corrected chi connectivity index (χ1v) is 9.18. The van der Waals surface area contributed by atoms with E-state index in [9.17, 15) is 9.59 Å². The maximum atomic E-state index is 12.3. The summed E-state index contributed by atoms with van der Waals surface area (Å²) in [5.41, 5.74) is 5.50. The van der Waals surface area contributed by atoms with Crippen molar-refractivity contribution in [2.24, 2.45) is 5.73 Å². The van der Waals surface area contributed by atoms with Gasteiger partial charge < -0.3 is 26.0 Å². The van der Waals surface area contributed by atoms with Crippen molar-refractivity contribution in [1.29, 1.82) is 0 Å². The number of carbonyl (C=O) groups is 2. The van der Waals surface area contributed by atoms with Gasteiger partial charge in [0.05, 0.1) is 0 Å². The van der Waals surface area contributed by atoms with E-state index < -0.39 is 5.60 Å². The van der Waals surface area contributed by atoms with Crippen LogP contribution in [0.1, 0.15) is 33.1 Å². The monoisotopic (exact) mass is 362 g/mol. The van der Waals surface area contributed by atoms with Gasteiger partial charge in [-0.15, -0.1) is 0 Å². The van der Waals surface area contributed by atoms with E-state index in [2.05, 4.69) is 15.5 Å². The number of amides is 2. The first-order chi connectivity index (χ1) is 12.5. The summed E-state index contributed by atoms with van der Waals surface area (Å²) in [7, 11) is 0. The molecule has 7 heteroatoms. The van der Waals surface area contributed by atoms with Crippen LogP contribution in [0.5, 0.6) is 5.75 Å². The number of nitrogens with two attached hydrogens (primary N) is 1. The Morgan fingerprint density at radius 1 is 1.46 bits per heavy atom. The van der Waals surface area contributed by atoms with Gasteiger partial charge in [-0.1, -0.05) is 6.07 Å². The quantitative estimate of drug-likeness (QED) is 0.450. The molecule has 1 aliphatic rings. The third-order valence-corrected chi connectivity index (χ3v) is 4.49. The fraction of sp³-hybridized carbons (Fsp3) is 0.579. The van der Waals surface area contributed by atoms with Gasteiger partial charge in [0.25, 0.3) is 5.91 Å². The summed E-state index contributed by atoms with van der Waals surface area (Å²) in [5.74, 6) is 0.483.